The van der Waals surface area contributed by atoms with Gasteiger partial charge in [0, 0.05) is 6.54 Å². The van der Waals surface area contributed by atoms with E-state index in [1.54, 1.807) is 25.1 Å². The Morgan fingerprint density at radius 1 is 1.39 bits per heavy atom. The number of aliphatic hydroxyl groups is 1. The summed E-state index contributed by atoms with van der Waals surface area (Å²) < 4.78 is 27.0. The molecule has 0 amide bonds. The third-order valence-electron chi connectivity index (χ3n) is 3.51. The molecule has 1 saturated carbocycles. The lowest BCUT2D eigenvalue weighted by Gasteiger charge is -2.25. The van der Waals surface area contributed by atoms with Gasteiger partial charge in [0.25, 0.3) is 0 Å². The van der Waals surface area contributed by atoms with Crippen molar-refractivity contribution in [2.24, 2.45) is 5.92 Å². The van der Waals surface area contributed by atoms with Crippen molar-refractivity contribution >= 4 is 10.0 Å². The fourth-order valence-corrected chi connectivity index (χ4v) is 3.44. The van der Waals surface area contributed by atoms with Crippen LogP contribution in [0.4, 0.5) is 0 Å². The highest BCUT2D eigenvalue weighted by Gasteiger charge is 2.22. The minimum absolute atomic E-state index is 0.147. The van der Waals surface area contributed by atoms with Gasteiger partial charge in [0.1, 0.15) is 0 Å². The van der Waals surface area contributed by atoms with Crippen LogP contribution in [0.3, 0.4) is 0 Å². The van der Waals surface area contributed by atoms with Crippen molar-refractivity contribution in [1.82, 2.24) is 4.72 Å². The third kappa shape index (κ3) is 2.91. The molecule has 2 N–H and O–H groups in total. The van der Waals surface area contributed by atoms with E-state index in [9.17, 15) is 8.42 Å². The van der Waals surface area contributed by atoms with E-state index in [0.717, 1.165) is 12.8 Å². The van der Waals surface area contributed by atoms with Crippen LogP contribution < -0.4 is 4.72 Å². The average molecular weight is 269 g/mol. The molecule has 4 nitrogen and oxygen atoms in total. The highest BCUT2D eigenvalue weighted by Crippen LogP contribution is 2.26. The summed E-state index contributed by atoms with van der Waals surface area (Å²) in [7, 11) is -3.46. The highest BCUT2D eigenvalue weighted by atomic mass is 32.2. The molecule has 5 heteroatoms. The molecule has 1 aliphatic carbocycles. The first-order chi connectivity index (χ1) is 8.53. The Hall–Kier alpha value is -0.910. The monoisotopic (exact) mass is 269 g/mol. The van der Waals surface area contributed by atoms with Crippen LogP contribution in [0.2, 0.25) is 0 Å². The standard InChI is InChI=1S/C13H19NO3S/c1-10-5-6-12(9-15)7-13(10)18(16,17)14-8-11-3-2-4-11/h5-7,11,14-15H,2-4,8-9H2,1H3. The molecule has 0 aliphatic heterocycles. The smallest absolute Gasteiger partial charge is 0.240 e. The van der Waals surface area contributed by atoms with Gasteiger partial charge in [0.05, 0.1) is 11.5 Å². The van der Waals surface area contributed by atoms with Crippen molar-refractivity contribution in [1.29, 1.82) is 0 Å². The summed E-state index contributed by atoms with van der Waals surface area (Å²) in [5, 5.41) is 9.07. The Balaban J connectivity index is 2.16. The van der Waals surface area contributed by atoms with Gasteiger partial charge >= 0.3 is 0 Å². The molecule has 0 radical (unpaired) electrons. The summed E-state index contributed by atoms with van der Waals surface area (Å²) in [6.07, 6.45) is 3.42. The number of hydrogen-bond acceptors (Lipinski definition) is 3. The SMILES string of the molecule is Cc1ccc(CO)cc1S(=O)(=O)NCC1CCC1. The predicted molar refractivity (Wildman–Crippen MR) is 69.6 cm³/mol. The molecular formula is C13H19NO3S. The molecule has 0 atom stereocenters. The van der Waals surface area contributed by atoms with Crippen LogP contribution in [0.25, 0.3) is 0 Å². The Kier molecular flexibility index (Phi) is 4.04. The van der Waals surface area contributed by atoms with Crippen LogP contribution in [0, 0.1) is 12.8 Å². The summed E-state index contributed by atoms with van der Waals surface area (Å²) in [5.41, 5.74) is 1.32. The average Bonchev–Trinajstić information content (AvgIpc) is 2.27. The first-order valence-electron chi connectivity index (χ1n) is 6.23. The number of benzene rings is 1. The first kappa shape index (κ1) is 13.5. The number of aliphatic hydroxyl groups excluding tert-OH is 1. The second-order valence-electron chi connectivity index (χ2n) is 4.91. The van der Waals surface area contributed by atoms with E-state index in [2.05, 4.69) is 4.72 Å². The Labute approximate surface area is 108 Å². The lowest BCUT2D eigenvalue weighted by atomic mass is 9.86. The minimum atomic E-state index is -3.46. The lowest BCUT2D eigenvalue weighted by Crippen LogP contribution is -2.32. The van der Waals surface area contributed by atoms with Crippen LogP contribution in [0.5, 0.6) is 0 Å². The van der Waals surface area contributed by atoms with E-state index >= 15 is 0 Å². The second kappa shape index (κ2) is 5.38. The van der Waals surface area contributed by atoms with Gasteiger partial charge in [-0.1, -0.05) is 18.6 Å². The Morgan fingerprint density at radius 3 is 2.67 bits per heavy atom. The minimum Gasteiger partial charge on any atom is -0.392 e. The molecule has 18 heavy (non-hydrogen) atoms. The zero-order chi connectivity index (χ0) is 13.2. The first-order valence-corrected chi connectivity index (χ1v) is 7.71. The lowest BCUT2D eigenvalue weighted by molar-refractivity contribution is 0.281. The number of sulfonamides is 1. The Bertz CT molecular complexity index is 521. The van der Waals surface area contributed by atoms with E-state index in [-0.39, 0.29) is 11.5 Å². The van der Waals surface area contributed by atoms with Gasteiger partial charge in [-0.25, -0.2) is 13.1 Å². The molecule has 0 bridgehead atoms. The van der Waals surface area contributed by atoms with Crippen molar-refractivity contribution in [3.8, 4) is 0 Å². The van der Waals surface area contributed by atoms with Crippen molar-refractivity contribution < 1.29 is 13.5 Å². The van der Waals surface area contributed by atoms with Crippen LogP contribution in [-0.2, 0) is 16.6 Å². The third-order valence-corrected chi connectivity index (χ3v) is 5.08. The zero-order valence-corrected chi connectivity index (χ0v) is 11.3. The molecule has 0 aromatic heterocycles. The van der Waals surface area contributed by atoms with Gasteiger partial charge in [-0.2, -0.15) is 0 Å². The maximum atomic E-state index is 12.2. The largest absolute Gasteiger partial charge is 0.392 e. The maximum absolute atomic E-state index is 12.2. The van der Waals surface area contributed by atoms with Gasteiger partial charge in [0.2, 0.25) is 10.0 Å². The number of nitrogens with one attached hydrogen (secondary N) is 1. The van der Waals surface area contributed by atoms with Gasteiger partial charge in [-0.3, -0.25) is 0 Å². The summed E-state index contributed by atoms with van der Waals surface area (Å²) in [6, 6.07) is 5.00. The Morgan fingerprint density at radius 2 is 2.11 bits per heavy atom. The van der Waals surface area contributed by atoms with E-state index in [0.29, 0.717) is 23.6 Å². The molecule has 2 rings (SSSR count). The summed E-state index contributed by atoms with van der Waals surface area (Å²) in [6.45, 7) is 2.13. The molecule has 100 valence electrons. The van der Waals surface area contributed by atoms with Gasteiger partial charge < -0.3 is 5.11 Å². The molecule has 0 saturated heterocycles. The van der Waals surface area contributed by atoms with Gasteiger partial charge in [-0.05, 0) is 42.9 Å². The second-order valence-corrected chi connectivity index (χ2v) is 6.64. The summed E-state index contributed by atoms with van der Waals surface area (Å²) in [4.78, 5) is 0.272. The zero-order valence-electron chi connectivity index (χ0n) is 10.5. The number of aryl methyl sites for hydroxylation is 1. The van der Waals surface area contributed by atoms with Crippen molar-refractivity contribution in [2.45, 2.75) is 37.7 Å². The molecular weight excluding hydrogens is 250 g/mol. The molecule has 0 heterocycles. The fraction of sp³-hybridized carbons (Fsp3) is 0.538. The van der Waals surface area contributed by atoms with Crippen LogP contribution in [0.15, 0.2) is 23.1 Å². The molecule has 0 unspecified atom stereocenters. The molecule has 1 aromatic rings. The van der Waals surface area contributed by atoms with Crippen LogP contribution in [0.1, 0.15) is 30.4 Å². The molecule has 1 aromatic carbocycles. The maximum Gasteiger partial charge on any atom is 0.240 e. The predicted octanol–water partition coefficient (Wildman–Crippen LogP) is 1.57. The number of rotatable bonds is 5. The molecule has 0 spiro atoms. The quantitative estimate of drug-likeness (QED) is 0.852. The summed E-state index contributed by atoms with van der Waals surface area (Å²) in [5.74, 6) is 0.487. The highest BCUT2D eigenvalue weighted by molar-refractivity contribution is 7.89. The topological polar surface area (TPSA) is 66.4 Å². The van der Waals surface area contributed by atoms with Gasteiger partial charge in [0.15, 0.2) is 0 Å². The van der Waals surface area contributed by atoms with E-state index in [4.69, 9.17) is 5.11 Å². The molecule has 1 fully saturated rings. The normalized spacial score (nSPS) is 16.6. The van der Waals surface area contributed by atoms with Crippen LogP contribution >= 0.6 is 0 Å². The van der Waals surface area contributed by atoms with Crippen molar-refractivity contribution in [2.75, 3.05) is 6.54 Å². The number of hydrogen-bond donors (Lipinski definition) is 2. The van der Waals surface area contributed by atoms with Crippen molar-refractivity contribution in [3.63, 3.8) is 0 Å². The van der Waals surface area contributed by atoms with Crippen molar-refractivity contribution in [3.05, 3.63) is 29.3 Å². The van der Waals surface area contributed by atoms with E-state index in [1.807, 2.05) is 0 Å². The summed E-state index contributed by atoms with van der Waals surface area (Å²) >= 11 is 0. The van der Waals surface area contributed by atoms with Crippen LogP contribution in [-0.4, -0.2) is 20.1 Å². The van der Waals surface area contributed by atoms with E-state index in [1.165, 1.54) is 6.42 Å². The fourth-order valence-electron chi connectivity index (χ4n) is 2.03. The van der Waals surface area contributed by atoms with E-state index < -0.39 is 10.0 Å². The molecule has 1 aliphatic rings. The van der Waals surface area contributed by atoms with Gasteiger partial charge in [-0.15, -0.1) is 0 Å².